The predicted molar refractivity (Wildman–Crippen MR) is 106 cm³/mol. The summed E-state index contributed by atoms with van der Waals surface area (Å²) in [5.74, 6) is 0.888. The van der Waals surface area contributed by atoms with Gasteiger partial charge in [0.15, 0.2) is 5.82 Å². The van der Waals surface area contributed by atoms with Crippen LogP contribution in [-0.2, 0) is 9.59 Å². The first-order valence-corrected chi connectivity index (χ1v) is 10.2. The Hall–Kier alpha value is -2.77. The van der Waals surface area contributed by atoms with E-state index in [-0.39, 0.29) is 29.2 Å². The molecule has 4 heterocycles. The summed E-state index contributed by atoms with van der Waals surface area (Å²) in [6, 6.07) is 5.53. The minimum Gasteiger partial charge on any atom is -0.342 e. The van der Waals surface area contributed by atoms with Crippen molar-refractivity contribution in [2.24, 2.45) is 5.92 Å². The largest absolute Gasteiger partial charge is 0.342 e. The number of carbonyl (C=O) groups is 2. The Balaban J connectivity index is 1.43. The quantitative estimate of drug-likeness (QED) is 0.790. The van der Waals surface area contributed by atoms with E-state index in [9.17, 15) is 9.59 Å². The summed E-state index contributed by atoms with van der Waals surface area (Å²) < 4.78 is 5.39. The fourth-order valence-electron chi connectivity index (χ4n) is 4.16. The molecule has 8 heteroatoms. The van der Waals surface area contributed by atoms with E-state index in [0.717, 1.165) is 12.8 Å². The van der Waals surface area contributed by atoms with Crippen LogP contribution in [0, 0.1) is 5.92 Å². The van der Waals surface area contributed by atoms with Crippen LogP contribution in [0.15, 0.2) is 28.9 Å². The molecule has 0 unspecified atom stereocenters. The number of amides is 2. The third kappa shape index (κ3) is 4.02. The SMILES string of the molecule is CC(C)(C)N1C[C@H](C(=O)N2CCC[C@@H](c3noc(-c4ccccn4)n3)C2)CC1=O. The van der Waals surface area contributed by atoms with Gasteiger partial charge in [-0.05, 0) is 45.7 Å². The van der Waals surface area contributed by atoms with E-state index in [1.807, 2.05) is 48.8 Å². The zero-order chi connectivity index (χ0) is 20.6. The van der Waals surface area contributed by atoms with Crippen LogP contribution in [-0.4, -0.2) is 61.9 Å². The molecular weight excluding hydrogens is 370 g/mol. The van der Waals surface area contributed by atoms with Gasteiger partial charge in [-0.1, -0.05) is 11.2 Å². The highest BCUT2D eigenvalue weighted by molar-refractivity contribution is 5.89. The van der Waals surface area contributed by atoms with Crippen LogP contribution in [0.4, 0.5) is 0 Å². The highest BCUT2D eigenvalue weighted by atomic mass is 16.5. The zero-order valence-electron chi connectivity index (χ0n) is 17.2. The van der Waals surface area contributed by atoms with Crippen LogP contribution in [0.25, 0.3) is 11.6 Å². The van der Waals surface area contributed by atoms with Crippen LogP contribution in [0.1, 0.15) is 51.8 Å². The number of pyridine rings is 1. The minimum absolute atomic E-state index is 0.0322. The van der Waals surface area contributed by atoms with Crippen molar-refractivity contribution in [2.45, 2.75) is 51.5 Å². The Labute approximate surface area is 170 Å². The molecule has 4 rings (SSSR count). The Morgan fingerprint density at radius 3 is 2.76 bits per heavy atom. The molecule has 0 radical (unpaired) electrons. The number of rotatable bonds is 3. The first-order valence-electron chi connectivity index (χ1n) is 10.2. The molecule has 2 saturated heterocycles. The number of aromatic nitrogens is 3. The predicted octanol–water partition coefficient (Wildman–Crippen LogP) is 2.48. The third-order valence-corrected chi connectivity index (χ3v) is 5.71. The van der Waals surface area contributed by atoms with Crippen molar-refractivity contribution in [1.29, 1.82) is 0 Å². The van der Waals surface area contributed by atoms with Gasteiger partial charge in [-0.2, -0.15) is 4.98 Å². The maximum absolute atomic E-state index is 13.1. The van der Waals surface area contributed by atoms with Crippen molar-refractivity contribution in [3.8, 4) is 11.6 Å². The smallest absolute Gasteiger partial charge is 0.276 e. The molecule has 0 spiro atoms. The van der Waals surface area contributed by atoms with Crippen molar-refractivity contribution in [2.75, 3.05) is 19.6 Å². The van der Waals surface area contributed by atoms with E-state index >= 15 is 0 Å². The maximum atomic E-state index is 13.1. The second-order valence-electron chi connectivity index (χ2n) is 8.87. The van der Waals surface area contributed by atoms with Gasteiger partial charge in [0.25, 0.3) is 5.89 Å². The monoisotopic (exact) mass is 397 g/mol. The molecule has 2 aromatic heterocycles. The van der Waals surface area contributed by atoms with E-state index < -0.39 is 0 Å². The molecule has 0 aliphatic carbocycles. The van der Waals surface area contributed by atoms with Crippen molar-refractivity contribution >= 4 is 11.8 Å². The van der Waals surface area contributed by atoms with Crippen molar-refractivity contribution < 1.29 is 14.1 Å². The van der Waals surface area contributed by atoms with Gasteiger partial charge in [0, 0.05) is 43.7 Å². The number of hydrogen-bond acceptors (Lipinski definition) is 6. The van der Waals surface area contributed by atoms with Crippen LogP contribution in [0.3, 0.4) is 0 Å². The lowest BCUT2D eigenvalue weighted by atomic mass is 9.95. The minimum atomic E-state index is -0.269. The van der Waals surface area contributed by atoms with Crippen molar-refractivity contribution in [1.82, 2.24) is 24.9 Å². The molecule has 2 aliphatic heterocycles. The number of piperidine rings is 1. The highest BCUT2D eigenvalue weighted by Gasteiger charge is 2.41. The molecule has 0 N–H and O–H groups in total. The van der Waals surface area contributed by atoms with Crippen LogP contribution in [0.2, 0.25) is 0 Å². The average molecular weight is 397 g/mol. The Bertz CT molecular complexity index is 889. The van der Waals surface area contributed by atoms with E-state index in [0.29, 0.717) is 43.5 Å². The fraction of sp³-hybridized carbons (Fsp3) is 0.571. The first-order chi connectivity index (χ1) is 13.8. The Kier molecular flexibility index (Phi) is 5.10. The molecule has 0 bridgehead atoms. The first kappa shape index (κ1) is 19.5. The van der Waals surface area contributed by atoms with Gasteiger partial charge in [-0.3, -0.25) is 14.6 Å². The molecule has 29 heavy (non-hydrogen) atoms. The third-order valence-electron chi connectivity index (χ3n) is 5.71. The summed E-state index contributed by atoms with van der Waals surface area (Å²) in [5, 5.41) is 4.14. The van der Waals surface area contributed by atoms with Crippen LogP contribution >= 0.6 is 0 Å². The van der Waals surface area contributed by atoms with E-state index in [4.69, 9.17) is 4.52 Å². The highest BCUT2D eigenvalue weighted by Crippen LogP contribution is 2.31. The number of carbonyl (C=O) groups excluding carboxylic acids is 2. The lowest BCUT2D eigenvalue weighted by Gasteiger charge is -2.34. The zero-order valence-corrected chi connectivity index (χ0v) is 17.2. The van der Waals surface area contributed by atoms with Crippen LogP contribution < -0.4 is 0 Å². The topological polar surface area (TPSA) is 92.4 Å². The Morgan fingerprint density at radius 2 is 2.07 bits per heavy atom. The lowest BCUT2D eigenvalue weighted by molar-refractivity contribution is -0.137. The molecule has 2 aliphatic rings. The van der Waals surface area contributed by atoms with Gasteiger partial charge in [0.05, 0.1) is 5.92 Å². The summed E-state index contributed by atoms with van der Waals surface area (Å²) >= 11 is 0. The summed E-state index contributed by atoms with van der Waals surface area (Å²) in [6.45, 7) is 7.77. The molecular formula is C21H27N5O3. The van der Waals surface area contributed by atoms with Crippen LogP contribution in [0.5, 0.6) is 0 Å². The molecule has 2 fully saturated rings. The molecule has 154 valence electrons. The summed E-state index contributed by atoms with van der Waals surface area (Å²) in [5.41, 5.74) is 0.380. The molecule has 0 saturated carbocycles. The normalized spacial score (nSPS) is 22.9. The number of likely N-dealkylation sites (tertiary alicyclic amines) is 2. The van der Waals surface area contributed by atoms with Gasteiger partial charge in [-0.25, -0.2) is 0 Å². The lowest BCUT2D eigenvalue weighted by Crippen LogP contribution is -2.45. The van der Waals surface area contributed by atoms with Gasteiger partial charge in [0.2, 0.25) is 11.8 Å². The number of nitrogens with zero attached hydrogens (tertiary/aromatic N) is 5. The van der Waals surface area contributed by atoms with Crippen molar-refractivity contribution in [3.05, 3.63) is 30.2 Å². The summed E-state index contributed by atoms with van der Waals surface area (Å²) in [4.78, 5) is 37.9. The molecule has 2 atom stereocenters. The molecule has 2 amide bonds. The second kappa shape index (κ2) is 7.57. The van der Waals surface area contributed by atoms with Gasteiger partial charge < -0.3 is 14.3 Å². The Morgan fingerprint density at radius 1 is 1.24 bits per heavy atom. The standard InChI is InChI=1S/C21H27N5O3/c1-21(2,3)26-13-15(11-17(26)27)20(28)25-10-6-7-14(12-25)18-23-19(29-24-18)16-8-4-5-9-22-16/h4-5,8-9,14-15H,6-7,10-13H2,1-3H3/t14-,15-/m1/s1. The number of hydrogen-bond donors (Lipinski definition) is 0. The summed E-state index contributed by atoms with van der Waals surface area (Å²) in [6.07, 6.45) is 3.77. The van der Waals surface area contributed by atoms with E-state index in [1.165, 1.54) is 0 Å². The fourth-order valence-corrected chi connectivity index (χ4v) is 4.16. The molecule has 0 aromatic carbocycles. The van der Waals surface area contributed by atoms with Gasteiger partial charge >= 0.3 is 0 Å². The van der Waals surface area contributed by atoms with E-state index in [2.05, 4.69) is 15.1 Å². The van der Waals surface area contributed by atoms with Gasteiger partial charge in [0.1, 0.15) is 5.69 Å². The molecule has 2 aromatic rings. The van der Waals surface area contributed by atoms with E-state index in [1.54, 1.807) is 6.20 Å². The molecule has 8 nitrogen and oxygen atoms in total. The van der Waals surface area contributed by atoms with Crippen molar-refractivity contribution in [3.63, 3.8) is 0 Å². The maximum Gasteiger partial charge on any atom is 0.276 e. The summed E-state index contributed by atoms with van der Waals surface area (Å²) in [7, 11) is 0. The van der Waals surface area contributed by atoms with Gasteiger partial charge in [-0.15, -0.1) is 0 Å². The average Bonchev–Trinajstić information content (AvgIpc) is 3.35. The second-order valence-corrected chi connectivity index (χ2v) is 8.87.